The second-order valence-corrected chi connectivity index (χ2v) is 8.55. The number of nitrogens with zero attached hydrogens (tertiary/aromatic N) is 3. The van der Waals surface area contributed by atoms with Crippen molar-refractivity contribution in [3.8, 4) is 22.8 Å². The molecule has 0 N–H and O–H groups in total. The fourth-order valence-corrected chi connectivity index (χ4v) is 4.24. The number of aryl methyl sites for hydroxylation is 2. The molecular weight excluding hydrogens is 494 g/mol. The molecule has 0 fully saturated rings. The first-order chi connectivity index (χ1) is 17.3. The normalized spacial score (nSPS) is 12.2. The fraction of sp³-hybridized carbons (Fsp3) is 0.154. The van der Waals surface area contributed by atoms with Gasteiger partial charge in [-0.15, -0.1) is 11.3 Å². The third-order valence-corrected chi connectivity index (χ3v) is 5.87. The largest absolute Gasteiger partial charge is 0.435 e. The van der Waals surface area contributed by atoms with Crippen LogP contribution >= 0.6 is 11.3 Å². The lowest BCUT2D eigenvalue weighted by Crippen LogP contribution is -2.11. The number of rotatable bonds is 8. The first kappa shape index (κ1) is 25.2. The smallest absolute Gasteiger partial charge is 0.387 e. The number of hydrogen-bond donors (Lipinski definition) is 0. The van der Waals surface area contributed by atoms with Crippen molar-refractivity contribution in [3.05, 3.63) is 93.6 Å². The first-order valence-electron chi connectivity index (χ1n) is 10.8. The van der Waals surface area contributed by atoms with Crippen molar-refractivity contribution in [1.29, 1.82) is 0 Å². The van der Waals surface area contributed by atoms with Crippen molar-refractivity contribution >= 4 is 23.2 Å². The summed E-state index contributed by atoms with van der Waals surface area (Å²) in [5.74, 6) is 0.0907. The molecule has 36 heavy (non-hydrogen) atoms. The molecule has 0 spiro atoms. The van der Waals surface area contributed by atoms with Crippen LogP contribution in [0.25, 0.3) is 11.3 Å². The summed E-state index contributed by atoms with van der Waals surface area (Å²) in [5.41, 5.74) is 4.96. The molecule has 4 rings (SSSR count). The Hall–Kier alpha value is -3.92. The molecule has 0 aliphatic heterocycles. The number of halogens is 4. The molecule has 1 aromatic heterocycles. The Morgan fingerprint density at radius 3 is 2.03 bits per heavy atom. The molecule has 3 aromatic carbocycles. The Kier molecular flexibility index (Phi) is 7.84. The monoisotopic (exact) mass is 515 g/mol. The van der Waals surface area contributed by atoms with E-state index in [0.29, 0.717) is 21.6 Å². The van der Waals surface area contributed by atoms with Crippen molar-refractivity contribution in [2.75, 3.05) is 0 Å². The summed E-state index contributed by atoms with van der Waals surface area (Å²) in [5, 5.41) is 6.45. The summed E-state index contributed by atoms with van der Waals surface area (Å²) < 4.78 is 60.3. The molecule has 0 radical (unpaired) electrons. The van der Waals surface area contributed by atoms with Gasteiger partial charge in [0.15, 0.2) is 0 Å². The van der Waals surface area contributed by atoms with E-state index in [0.717, 1.165) is 16.8 Å². The van der Waals surface area contributed by atoms with Gasteiger partial charge in [-0.3, -0.25) is 0 Å². The van der Waals surface area contributed by atoms with Crippen LogP contribution in [0, 0.1) is 13.8 Å². The summed E-state index contributed by atoms with van der Waals surface area (Å²) in [4.78, 5) is 5.37. The molecular formula is C26H21F4N3O2S. The van der Waals surface area contributed by atoms with E-state index in [2.05, 4.69) is 14.6 Å². The van der Waals surface area contributed by atoms with Gasteiger partial charge in [0.2, 0.25) is 4.80 Å². The molecule has 0 saturated heterocycles. The zero-order valence-electron chi connectivity index (χ0n) is 19.2. The molecule has 1 heterocycles. The third kappa shape index (κ3) is 6.39. The molecule has 0 unspecified atom stereocenters. The van der Waals surface area contributed by atoms with Crippen LogP contribution in [0.3, 0.4) is 0 Å². The van der Waals surface area contributed by atoms with E-state index in [1.54, 1.807) is 35.2 Å². The van der Waals surface area contributed by atoms with Crippen LogP contribution in [0.5, 0.6) is 11.5 Å². The second-order valence-electron chi connectivity index (χ2n) is 7.71. The Morgan fingerprint density at radius 1 is 0.833 bits per heavy atom. The SMILES string of the molecule is Cc1ccc(N=c2scc(-c3ccc(OC(F)F)cc3)n2N=Cc2ccc(OC(F)F)cc2)c(C)c1. The van der Waals surface area contributed by atoms with Gasteiger partial charge in [-0.25, -0.2) is 9.67 Å². The van der Waals surface area contributed by atoms with Crippen molar-refractivity contribution in [2.45, 2.75) is 27.1 Å². The predicted molar refractivity (Wildman–Crippen MR) is 132 cm³/mol. The van der Waals surface area contributed by atoms with Gasteiger partial charge in [0.05, 0.1) is 17.6 Å². The number of ether oxygens (including phenoxy) is 2. The maximum atomic E-state index is 12.5. The number of aromatic nitrogens is 1. The van der Waals surface area contributed by atoms with Crippen LogP contribution in [0.2, 0.25) is 0 Å². The van der Waals surface area contributed by atoms with Gasteiger partial charge < -0.3 is 9.47 Å². The van der Waals surface area contributed by atoms with E-state index >= 15 is 0 Å². The van der Waals surface area contributed by atoms with Crippen molar-refractivity contribution < 1.29 is 27.0 Å². The van der Waals surface area contributed by atoms with Gasteiger partial charge in [0, 0.05) is 10.9 Å². The van der Waals surface area contributed by atoms with Crippen LogP contribution < -0.4 is 14.3 Å². The summed E-state index contributed by atoms with van der Waals surface area (Å²) in [7, 11) is 0. The molecule has 186 valence electrons. The minimum atomic E-state index is -2.91. The molecule has 10 heteroatoms. The molecule has 5 nitrogen and oxygen atoms in total. The molecule has 0 amide bonds. The van der Waals surface area contributed by atoms with Gasteiger partial charge in [0.1, 0.15) is 11.5 Å². The Morgan fingerprint density at radius 2 is 1.44 bits per heavy atom. The zero-order valence-corrected chi connectivity index (χ0v) is 20.1. The maximum Gasteiger partial charge on any atom is 0.387 e. The summed E-state index contributed by atoms with van der Waals surface area (Å²) in [6, 6.07) is 18.2. The van der Waals surface area contributed by atoms with Crippen molar-refractivity contribution in [1.82, 2.24) is 4.68 Å². The second kappa shape index (κ2) is 11.2. The molecule has 0 aliphatic rings. The van der Waals surface area contributed by atoms with E-state index in [1.165, 1.54) is 35.6 Å². The lowest BCUT2D eigenvalue weighted by atomic mass is 10.1. The number of benzene rings is 3. The van der Waals surface area contributed by atoms with Crippen LogP contribution in [-0.2, 0) is 0 Å². The van der Waals surface area contributed by atoms with Crippen LogP contribution in [0.4, 0.5) is 23.2 Å². The quantitative estimate of drug-likeness (QED) is 0.185. The van der Waals surface area contributed by atoms with E-state index in [1.807, 2.05) is 37.4 Å². The lowest BCUT2D eigenvalue weighted by Gasteiger charge is -2.07. The average Bonchev–Trinajstić information content (AvgIpc) is 3.22. The van der Waals surface area contributed by atoms with Gasteiger partial charge in [-0.05, 0) is 79.6 Å². The molecule has 0 saturated carbocycles. The fourth-order valence-electron chi connectivity index (χ4n) is 3.39. The zero-order chi connectivity index (χ0) is 25.7. The topological polar surface area (TPSA) is 48.1 Å². The van der Waals surface area contributed by atoms with Gasteiger partial charge in [-0.1, -0.05) is 17.7 Å². The summed E-state index contributed by atoms with van der Waals surface area (Å²) >= 11 is 1.37. The first-order valence-corrected chi connectivity index (χ1v) is 11.6. The number of thiazole rings is 1. The standard InChI is InChI=1S/C26H21F4N3O2S/c1-16-3-12-22(17(2)13-16)32-26-33(31-14-18-4-8-20(9-5-18)34-24(27)28)23(15-36-26)19-6-10-21(11-7-19)35-25(29)30/h3-15,24-25H,1-2H3. The van der Waals surface area contributed by atoms with Crippen LogP contribution in [0.1, 0.15) is 16.7 Å². The number of hydrogen-bond acceptors (Lipinski definition) is 5. The highest BCUT2D eigenvalue weighted by Crippen LogP contribution is 2.25. The van der Waals surface area contributed by atoms with Crippen molar-refractivity contribution in [3.63, 3.8) is 0 Å². The van der Waals surface area contributed by atoms with Gasteiger partial charge in [0.25, 0.3) is 0 Å². The Bertz CT molecular complexity index is 1410. The summed E-state index contributed by atoms with van der Waals surface area (Å²) in [6.07, 6.45) is 1.57. The van der Waals surface area contributed by atoms with E-state index in [9.17, 15) is 17.6 Å². The maximum absolute atomic E-state index is 12.5. The highest BCUT2D eigenvalue weighted by molar-refractivity contribution is 7.07. The molecule has 0 bridgehead atoms. The van der Waals surface area contributed by atoms with E-state index in [4.69, 9.17) is 4.99 Å². The molecule has 0 atom stereocenters. The van der Waals surface area contributed by atoms with Gasteiger partial charge >= 0.3 is 13.2 Å². The number of alkyl halides is 4. The third-order valence-electron chi connectivity index (χ3n) is 5.06. The van der Waals surface area contributed by atoms with E-state index in [-0.39, 0.29) is 11.5 Å². The molecule has 4 aromatic rings. The van der Waals surface area contributed by atoms with Gasteiger partial charge in [-0.2, -0.15) is 22.7 Å². The lowest BCUT2D eigenvalue weighted by molar-refractivity contribution is -0.0505. The Labute approximate surface area is 208 Å². The van der Waals surface area contributed by atoms with Crippen molar-refractivity contribution in [2.24, 2.45) is 10.1 Å². The summed E-state index contributed by atoms with van der Waals surface area (Å²) in [6.45, 7) is -1.84. The predicted octanol–water partition coefficient (Wildman–Crippen LogP) is 7.15. The highest BCUT2D eigenvalue weighted by Gasteiger charge is 2.10. The van der Waals surface area contributed by atoms with Crippen LogP contribution in [0.15, 0.2) is 82.2 Å². The minimum absolute atomic E-state index is 0.0441. The average molecular weight is 516 g/mol. The minimum Gasteiger partial charge on any atom is -0.435 e. The molecule has 0 aliphatic carbocycles. The van der Waals surface area contributed by atoms with E-state index < -0.39 is 13.2 Å². The Balaban J connectivity index is 1.74. The van der Waals surface area contributed by atoms with Crippen LogP contribution in [-0.4, -0.2) is 24.1 Å². The highest BCUT2D eigenvalue weighted by atomic mass is 32.1.